The van der Waals surface area contributed by atoms with Crippen molar-refractivity contribution < 1.29 is 14.7 Å². The van der Waals surface area contributed by atoms with Gasteiger partial charge in [-0.2, -0.15) is 5.10 Å². The molecule has 2 N–H and O–H groups in total. The summed E-state index contributed by atoms with van der Waals surface area (Å²) in [4.78, 5) is 27.3. The predicted octanol–water partition coefficient (Wildman–Crippen LogP) is 4.85. The molecule has 2 heterocycles. The smallest absolute Gasteiger partial charge is 0.306 e. The lowest BCUT2D eigenvalue weighted by Crippen LogP contribution is -2.57. The Labute approximate surface area is 228 Å². The first-order valence-corrected chi connectivity index (χ1v) is 14.2. The SMILES string of the molecule is CC#Cc1ccc(C(=O)NC2CC3(C2)CC(C(=O)O)C3)c2c1cnn2[C@@H](C)c1ccc(N2CC3CC3C2)cc1. The zero-order chi connectivity index (χ0) is 26.9. The van der Waals surface area contributed by atoms with Gasteiger partial charge in [-0.05, 0) is 93.0 Å². The van der Waals surface area contributed by atoms with E-state index in [4.69, 9.17) is 5.10 Å². The fourth-order valence-corrected chi connectivity index (χ4v) is 7.44. The first-order chi connectivity index (χ1) is 18.8. The van der Waals surface area contributed by atoms with Crippen LogP contribution in [0, 0.1) is 35.0 Å². The van der Waals surface area contributed by atoms with Crippen molar-refractivity contribution in [3.63, 3.8) is 0 Å². The molecule has 7 rings (SSSR count). The zero-order valence-corrected chi connectivity index (χ0v) is 22.5. The molecule has 3 atom stereocenters. The number of nitrogens with zero attached hydrogens (tertiary/aromatic N) is 3. The topological polar surface area (TPSA) is 87.5 Å². The minimum absolute atomic E-state index is 0.0604. The third-order valence-corrected chi connectivity index (χ3v) is 9.75. The van der Waals surface area contributed by atoms with E-state index in [0.29, 0.717) is 5.56 Å². The summed E-state index contributed by atoms with van der Waals surface area (Å²) in [6, 6.07) is 12.6. The second-order valence-electron chi connectivity index (χ2n) is 12.3. The third kappa shape index (κ3) is 4.09. The number of fused-ring (bicyclic) bond motifs is 2. The summed E-state index contributed by atoms with van der Waals surface area (Å²) in [7, 11) is 0. The van der Waals surface area contributed by atoms with Crippen LogP contribution in [0.5, 0.6) is 0 Å². The number of rotatable bonds is 6. The van der Waals surface area contributed by atoms with E-state index in [-0.39, 0.29) is 29.3 Å². The number of aliphatic carboxylic acids is 1. The van der Waals surface area contributed by atoms with Crippen LogP contribution in [0.3, 0.4) is 0 Å². The van der Waals surface area contributed by atoms with E-state index in [1.54, 1.807) is 0 Å². The Balaban J connectivity index is 1.13. The fourth-order valence-electron chi connectivity index (χ4n) is 7.44. The lowest BCUT2D eigenvalue weighted by Gasteiger charge is -2.56. The molecule has 7 heteroatoms. The van der Waals surface area contributed by atoms with E-state index < -0.39 is 5.97 Å². The number of carboxylic acid groups (broad SMARTS) is 1. The average Bonchev–Trinajstić information content (AvgIpc) is 3.27. The van der Waals surface area contributed by atoms with Gasteiger partial charge in [-0.3, -0.25) is 14.3 Å². The van der Waals surface area contributed by atoms with Crippen molar-refractivity contribution in [3.05, 3.63) is 59.3 Å². The predicted molar refractivity (Wildman–Crippen MR) is 150 cm³/mol. The van der Waals surface area contributed by atoms with Crippen molar-refractivity contribution in [2.75, 3.05) is 18.0 Å². The molecule has 2 aromatic carbocycles. The van der Waals surface area contributed by atoms with Gasteiger partial charge >= 0.3 is 5.97 Å². The Kier molecular flexibility index (Phi) is 5.52. The summed E-state index contributed by atoms with van der Waals surface area (Å²) in [5, 5.41) is 18.1. The van der Waals surface area contributed by atoms with Gasteiger partial charge in [0.05, 0.1) is 29.2 Å². The Bertz CT molecular complexity index is 1520. The van der Waals surface area contributed by atoms with E-state index >= 15 is 0 Å². The quantitative estimate of drug-likeness (QED) is 0.452. The van der Waals surface area contributed by atoms with E-state index in [0.717, 1.165) is 59.5 Å². The number of hydrogen-bond donors (Lipinski definition) is 2. The summed E-state index contributed by atoms with van der Waals surface area (Å²) in [5.74, 6) is 6.91. The van der Waals surface area contributed by atoms with Crippen LogP contribution in [0.2, 0.25) is 0 Å². The van der Waals surface area contributed by atoms with Gasteiger partial charge < -0.3 is 15.3 Å². The lowest BCUT2D eigenvalue weighted by molar-refractivity contribution is -0.155. The standard InChI is InChI=1S/C32H34N4O3/c1-3-4-21-7-10-27(30(37)34-25-14-32(15-25)12-24(13-32)31(38)39)29-28(21)16-33-36(29)19(2)20-5-8-26(9-6-20)35-17-22-11-23(22)18-35/h5-10,16,19,22-25H,11-15,17-18H2,1-2H3,(H,34,37)(H,38,39)/t19-,22?,23?,24?,25?,32?/m0/s1. The minimum atomic E-state index is -0.699. The number of aromatic nitrogens is 2. The van der Waals surface area contributed by atoms with Gasteiger partial charge in [0.2, 0.25) is 0 Å². The third-order valence-electron chi connectivity index (χ3n) is 9.75. The highest BCUT2D eigenvalue weighted by Gasteiger charge is 2.55. The second kappa shape index (κ2) is 8.87. The number of anilines is 1. The highest BCUT2D eigenvalue weighted by atomic mass is 16.4. The first-order valence-electron chi connectivity index (χ1n) is 14.2. The van der Waals surface area contributed by atoms with Crippen molar-refractivity contribution in [1.29, 1.82) is 0 Å². The number of piperidine rings is 1. The molecule has 1 saturated heterocycles. The highest BCUT2D eigenvalue weighted by molar-refractivity contribution is 6.07. The van der Waals surface area contributed by atoms with Crippen molar-refractivity contribution in [1.82, 2.24) is 15.1 Å². The summed E-state index contributed by atoms with van der Waals surface area (Å²) in [6.45, 7) is 6.28. The number of carbonyl (C=O) groups excluding carboxylic acids is 1. The molecule has 4 fully saturated rings. The maximum atomic E-state index is 13.6. The van der Waals surface area contributed by atoms with Crippen LogP contribution in [-0.4, -0.2) is 45.9 Å². The van der Waals surface area contributed by atoms with E-state index in [1.165, 1.54) is 25.2 Å². The molecule has 1 aliphatic heterocycles. The number of nitrogens with one attached hydrogen (secondary N) is 1. The molecule has 3 aromatic rings. The molecule has 2 unspecified atom stereocenters. The molecule has 39 heavy (non-hydrogen) atoms. The minimum Gasteiger partial charge on any atom is -0.481 e. The molecule has 4 aliphatic rings. The largest absolute Gasteiger partial charge is 0.481 e. The number of carbonyl (C=O) groups is 2. The van der Waals surface area contributed by atoms with E-state index in [2.05, 4.69) is 53.2 Å². The van der Waals surface area contributed by atoms with Gasteiger partial charge in [-0.15, -0.1) is 5.92 Å². The molecule has 3 saturated carbocycles. The average molecular weight is 523 g/mol. The summed E-state index contributed by atoms with van der Waals surface area (Å²) in [5.41, 5.74) is 4.79. The summed E-state index contributed by atoms with van der Waals surface area (Å²) in [6.07, 6.45) is 6.38. The fraction of sp³-hybridized carbons (Fsp3) is 0.469. The molecule has 7 nitrogen and oxygen atoms in total. The van der Waals surface area contributed by atoms with Gasteiger partial charge in [-0.25, -0.2) is 0 Å². The number of hydrogen-bond acceptors (Lipinski definition) is 4. The highest BCUT2D eigenvalue weighted by Crippen LogP contribution is 2.58. The normalized spacial score (nSPS) is 29.1. The van der Waals surface area contributed by atoms with Crippen molar-refractivity contribution in [2.24, 2.45) is 23.2 Å². The van der Waals surface area contributed by atoms with Gasteiger partial charge in [0.1, 0.15) is 0 Å². The Morgan fingerprint density at radius 3 is 2.46 bits per heavy atom. The van der Waals surface area contributed by atoms with Crippen LogP contribution in [-0.2, 0) is 4.79 Å². The molecule has 1 spiro atoms. The van der Waals surface area contributed by atoms with Gasteiger partial charge in [-0.1, -0.05) is 18.1 Å². The van der Waals surface area contributed by atoms with Gasteiger partial charge in [0.15, 0.2) is 0 Å². The van der Waals surface area contributed by atoms with Crippen molar-refractivity contribution >= 4 is 28.5 Å². The second-order valence-corrected chi connectivity index (χ2v) is 12.3. The van der Waals surface area contributed by atoms with Gasteiger partial charge in [0, 0.05) is 35.8 Å². The zero-order valence-electron chi connectivity index (χ0n) is 22.5. The molecule has 0 bridgehead atoms. The maximum Gasteiger partial charge on any atom is 0.306 e. The van der Waals surface area contributed by atoms with E-state index in [9.17, 15) is 14.7 Å². The Morgan fingerprint density at radius 1 is 1.08 bits per heavy atom. The molecule has 1 amide bonds. The summed E-state index contributed by atoms with van der Waals surface area (Å²) >= 11 is 0. The molecular formula is C32H34N4O3. The van der Waals surface area contributed by atoms with Crippen LogP contribution in [0.15, 0.2) is 42.6 Å². The molecule has 0 radical (unpaired) electrons. The summed E-state index contributed by atoms with van der Waals surface area (Å²) < 4.78 is 1.96. The Hall–Kier alpha value is -3.79. The number of carboxylic acids is 1. The van der Waals surface area contributed by atoms with Crippen molar-refractivity contribution in [3.8, 4) is 11.8 Å². The van der Waals surface area contributed by atoms with Crippen LogP contribution >= 0.6 is 0 Å². The van der Waals surface area contributed by atoms with Crippen molar-refractivity contribution in [2.45, 2.75) is 58.0 Å². The molecule has 1 aromatic heterocycles. The van der Waals surface area contributed by atoms with Crippen LogP contribution in [0.4, 0.5) is 5.69 Å². The molecular weight excluding hydrogens is 488 g/mol. The molecule has 200 valence electrons. The van der Waals surface area contributed by atoms with Crippen LogP contribution < -0.4 is 10.2 Å². The first kappa shape index (κ1) is 24.3. The number of benzene rings is 2. The van der Waals surface area contributed by atoms with Crippen LogP contribution in [0.25, 0.3) is 10.9 Å². The lowest BCUT2D eigenvalue weighted by atomic mass is 9.50. The Morgan fingerprint density at radius 2 is 1.79 bits per heavy atom. The van der Waals surface area contributed by atoms with E-state index in [1.807, 2.05) is 29.9 Å². The monoisotopic (exact) mass is 522 g/mol. The van der Waals surface area contributed by atoms with Crippen LogP contribution in [0.1, 0.15) is 73.5 Å². The molecule has 3 aliphatic carbocycles. The van der Waals surface area contributed by atoms with Gasteiger partial charge in [0.25, 0.3) is 5.91 Å². The number of amides is 1. The maximum absolute atomic E-state index is 13.6.